The van der Waals surface area contributed by atoms with Crippen LogP contribution in [0.2, 0.25) is 0 Å². The summed E-state index contributed by atoms with van der Waals surface area (Å²) in [6, 6.07) is 9.91. The number of piperidine rings is 1. The summed E-state index contributed by atoms with van der Waals surface area (Å²) in [6.45, 7) is 2.60. The molecule has 138 valence electrons. The largest absolute Gasteiger partial charge is 0.360 e. The van der Waals surface area contributed by atoms with Crippen LogP contribution in [0, 0.1) is 11.7 Å². The van der Waals surface area contributed by atoms with Gasteiger partial charge in [-0.1, -0.05) is 6.07 Å². The molecule has 2 atom stereocenters. The van der Waals surface area contributed by atoms with E-state index < -0.39 is 0 Å². The Kier molecular flexibility index (Phi) is 3.75. The molecule has 2 aliphatic rings. The zero-order valence-electron chi connectivity index (χ0n) is 14.8. The Morgan fingerprint density at radius 1 is 1.19 bits per heavy atom. The van der Waals surface area contributed by atoms with E-state index in [4.69, 9.17) is 0 Å². The minimum absolute atomic E-state index is 0.00252. The van der Waals surface area contributed by atoms with Crippen molar-refractivity contribution < 1.29 is 9.18 Å². The third-order valence-corrected chi connectivity index (χ3v) is 5.87. The SMILES string of the molecule is O=C(CN1C[C@H]2C[C@@H](C1)c1cccc(=O)n1C2)c1c[nH]c2ccc(F)cc12. The van der Waals surface area contributed by atoms with Gasteiger partial charge in [0.15, 0.2) is 5.78 Å². The van der Waals surface area contributed by atoms with Gasteiger partial charge in [-0.2, -0.15) is 0 Å². The van der Waals surface area contributed by atoms with E-state index in [2.05, 4.69) is 9.88 Å². The van der Waals surface area contributed by atoms with Gasteiger partial charge in [0.1, 0.15) is 5.82 Å². The number of aromatic nitrogens is 2. The second-order valence-corrected chi connectivity index (χ2v) is 7.71. The lowest BCUT2D eigenvalue weighted by Crippen LogP contribution is -2.48. The van der Waals surface area contributed by atoms with Crippen LogP contribution in [-0.2, 0) is 6.54 Å². The molecule has 0 spiro atoms. The Balaban J connectivity index is 1.38. The van der Waals surface area contributed by atoms with Crippen molar-refractivity contribution in [3.63, 3.8) is 0 Å². The number of benzene rings is 1. The molecular weight excluding hydrogens is 345 g/mol. The summed E-state index contributed by atoms with van der Waals surface area (Å²) < 4.78 is 15.5. The number of hydrogen-bond donors (Lipinski definition) is 1. The predicted octanol–water partition coefficient (Wildman–Crippen LogP) is 2.77. The van der Waals surface area contributed by atoms with Crippen molar-refractivity contribution in [1.29, 1.82) is 0 Å². The topological polar surface area (TPSA) is 58.1 Å². The van der Waals surface area contributed by atoms with Crippen LogP contribution in [0.5, 0.6) is 0 Å². The lowest BCUT2D eigenvalue weighted by molar-refractivity contribution is 0.0819. The molecule has 1 fully saturated rings. The third kappa shape index (κ3) is 2.80. The monoisotopic (exact) mass is 365 g/mol. The molecule has 4 heterocycles. The molecule has 2 aromatic heterocycles. The molecule has 27 heavy (non-hydrogen) atoms. The van der Waals surface area contributed by atoms with E-state index in [-0.39, 0.29) is 23.1 Å². The highest BCUT2D eigenvalue weighted by atomic mass is 19.1. The molecule has 2 bridgehead atoms. The van der Waals surface area contributed by atoms with Crippen molar-refractivity contribution in [2.45, 2.75) is 18.9 Å². The molecule has 0 amide bonds. The first-order valence-corrected chi connectivity index (χ1v) is 9.30. The summed E-state index contributed by atoms with van der Waals surface area (Å²) in [6.07, 6.45) is 2.73. The maximum Gasteiger partial charge on any atom is 0.250 e. The van der Waals surface area contributed by atoms with E-state index in [1.54, 1.807) is 18.3 Å². The fraction of sp³-hybridized carbons (Fsp3) is 0.333. The van der Waals surface area contributed by atoms with Crippen molar-refractivity contribution >= 4 is 16.7 Å². The highest BCUT2D eigenvalue weighted by Gasteiger charge is 2.35. The van der Waals surface area contributed by atoms with Gasteiger partial charge >= 0.3 is 0 Å². The smallest absolute Gasteiger partial charge is 0.250 e. The molecule has 1 aromatic carbocycles. The number of halogens is 1. The summed E-state index contributed by atoms with van der Waals surface area (Å²) in [5.74, 6) is 0.312. The standard InChI is InChI=1S/C21H20FN3O2/c22-15-4-5-18-16(7-15)17(8-23-18)20(26)12-24-9-13-6-14(11-24)19-2-1-3-21(27)25(19)10-13/h1-5,7-8,13-14,23H,6,9-12H2/t13-,14+/m1/s1. The number of hydrogen-bond acceptors (Lipinski definition) is 3. The summed E-state index contributed by atoms with van der Waals surface area (Å²) in [5, 5.41) is 0.633. The van der Waals surface area contributed by atoms with Crippen LogP contribution in [0.3, 0.4) is 0 Å². The maximum absolute atomic E-state index is 13.6. The van der Waals surface area contributed by atoms with Crippen molar-refractivity contribution in [1.82, 2.24) is 14.5 Å². The normalized spacial score (nSPS) is 22.0. The fourth-order valence-corrected chi connectivity index (χ4v) is 4.74. The highest BCUT2D eigenvalue weighted by Crippen LogP contribution is 2.35. The molecule has 2 aliphatic heterocycles. The number of H-pyrrole nitrogens is 1. The summed E-state index contributed by atoms with van der Waals surface area (Å²) >= 11 is 0. The van der Waals surface area contributed by atoms with Crippen molar-refractivity contribution in [3.05, 3.63) is 70.0 Å². The van der Waals surface area contributed by atoms with Crippen LogP contribution in [0.4, 0.5) is 4.39 Å². The van der Waals surface area contributed by atoms with Gasteiger partial charge in [-0.15, -0.1) is 0 Å². The lowest BCUT2D eigenvalue weighted by atomic mass is 9.83. The van der Waals surface area contributed by atoms with Crippen LogP contribution in [0.25, 0.3) is 10.9 Å². The quantitative estimate of drug-likeness (QED) is 0.726. The molecule has 0 radical (unpaired) electrons. The average Bonchev–Trinajstić information content (AvgIpc) is 3.06. The molecule has 1 N–H and O–H groups in total. The fourth-order valence-electron chi connectivity index (χ4n) is 4.74. The van der Waals surface area contributed by atoms with Crippen molar-refractivity contribution in [2.75, 3.05) is 19.6 Å². The number of aromatic amines is 1. The Bertz CT molecular complexity index is 1100. The van der Waals surface area contributed by atoms with Gasteiger partial charge < -0.3 is 9.55 Å². The average molecular weight is 365 g/mol. The Labute approximate surface area is 155 Å². The minimum atomic E-state index is -0.342. The van der Waals surface area contributed by atoms with E-state index >= 15 is 0 Å². The zero-order valence-corrected chi connectivity index (χ0v) is 14.8. The molecule has 1 saturated heterocycles. The highest BCUT2D eigenvalue weighted by molar-refractivity contribution is 6.08. The van der Waals surface area contributed by atoms with Crippen molar-refractivity contribution in [2.24, 2.45) is 5.92 Å². The minimum Gasteiger partial charge on any atom is -0.360 e. The van der Waals surface area contributed by atoms with E-state index in [9.17, 15) is 14.0 Å². The van der Waals surface area contributed by atoms with E-state index in [1.165, 1.54) is 12.1 Å². The summed E-state index contributed by atoms with van der Waals surface area (Å²) in [5.41, 5.74) is 2.44. The summed E-state index contributed by atoms with van der Waals surface area (Å²) in [4.78, 5) is 30.2. The molecule has 0 saturated carbocycles. The molecule has 3 aromatic rings. The number of Topliss-reactive ketones (excluding diaryl/α,β-unsaturated/α-hetero) is 1. The van der Waals surface area contributed by atoms with Crippen LogP contribution in [-0.4, -0.2) is 39.9 Å². The van der Waals surface area contributed by atoms with Crippen molar-refractivity contribution in [3.8, 4) is 0 Å². The van der Waals surface area contributed by atoms with Crippen LogP contribution >= 0.6 is 0 Å². The number of rotatable bonds is 3. The van der Waals surface area contributed by atoms with Gasteiger partial charge in [0.05, 0.1) is 6.54 Å². The second kappa shape index (κ2) is 6.16. The summed E-state index contributed by atoms with van der Waals surface area (Å²) in [7, 11) is 0. The van der Waals surface area contributed by atoms with Crippen LogP contribution < -0.4 is 5.56 Å². The molecule has 6 heteroatoms. The van der Waals surface area contributed by atoms with Gasteiger partial charge in [0.25, 0.3) is 5.56 Å². The number of nitrogens with zero attached hydrogens (tertiary/aromatic N) is 2. The molecule has 5 nitrogen and oxygen atoms in total. The molecule has 0 aliphatic carbocycles. The lowest BCUT2D eigenvalue weighted by Gasteiger charge is -2.42. The van der Waals surface area contributed by atoms with Crippen LogP contribution in [0.1, 0.15) is 28.4 Å². The Morgan fingerprint density at radius 2 is 2.07 bits per heavy atom. The number of likely N-dealkylation sites (tertiary alicyclic amines) is 1. The molecule has 5 rings (SSSR count). The first-order valence-electron chi connectivity index (χ1n) is 9.30. The first-order chi connectivity index (χ1) is 13.1. The van der Waals surface area contributed by atoms with Gasteiger partial charge in [0.2, 0.25) is 0 Å². The van der Waals surface area contributed by atoms with E-state index in [0.717, 1.165) is 30.7 Å². The number of carbonyl (C=O) groups excluding carboxylic acids is 1. The zero-order chi connectivity index (χ0) is 18.5. The molecule has 0 unspecified atom stereocenters. The number of carbonyl (C=O) groups is 1. The Hall–Kier alpha value is -2.73. The third-order valence-electron chi connectivity index (χ3n) is 5.87. The van der Waals surface area contributed by atoms with Gasteiger partial charge in [-0.25, -0.2) is 4.39 Å². The van der Waals surface area contributed by atoms with E-state index in [1.807, 2.05) is 16.7 Å². The van der Waals surface area contributed by atoms with E-state index in [0.29, 0.717) is 30.0 Å². The van der Waals surface area contributed by atoms with Gasteiger partial charge in [-0.3, -0.25) is 14.5 Å². The number of nitrogens with one attached hydrogen (secondary N) is 1. The first kappa shape index (κ1) is 16.4. The van der Waals surface area contributed by atoms with Crippen LogP contribution in [0.15, 0.2) is 47.4 Å². The number of pyridine rings is 1. The Morgan fingerprint density at radius 3 is 2.96 bits per heavy atom. The second-order valence-electron chi connectivity index (χ2n) is 7.71. The number of ketones is 1. The van der Waals surface area contributed by atoms with Gasteiger partial charge in [-0.05, 0) is 36.6 Å². The molecular formula is C21H20FN3O2. The maximum atomic E-state index is 13.6. The van der Waals surface area contributed by atoms with Gasteiger partial charge in [0, 0.05) is 60.0 Å². The number of fused-ring (bicyclic) bond motifs is 5. The predicted molar refractivity (Wildman–Crippen MR) is 101 cm³/mol.